The highest BCUT2D eigenvalue weighted by atomic mass is 35.5. The van der Waals surface area contributed by atoms with Crippen LogP contribution in [-0.2, 0) is 10.2 Å². The second-order valence-electron chi connectivity index (χ2n) is 3.88. The number of aromatic nitrogens is 1. The molecule has 0 aromatic carbocycles. The van der Waals surface area contributed by atoms with Crippen molar-refractivity contribution in [2.45, 2.75) is 24.7 Å². The van der Waals surface area contributed by atoms with Gasteiger partial charge in [0.2, 0.25) is 0 Å². The molecule has 3 nitrogen and oxygen atoms in total. The number of aryl methyl sites for hydroxylation is 1. The van der Waals surface area contributed by atoms with E-state index in [-0.39, 0.29) is 10.7 Å². The molecule has 0 spiro atoms. The standard InChI is InChI=1S/C10H8ClF2NO2/c1-5-2-3-6(7(11)14-5)9(8(15)16)4-10(9,12)13/h2-3H,4H2,1H3,(H,15,16). The minimum Gasteiger partial charge on any atom is -0.480 e. The highest BCUT2D eigenvalue weighted by Crippen LogP contribution is 2.62. The third-order valence-corrected chi connectivity index (χ3v) is 3.09. The molecule has 1 atom stereocenters. The van der Waals surface area contributed by atoms with Crippen LogP contribution in [0.15, 0.2) is 12.1 Å². The summed E-state index contributed by atoms with van der Waals surface area (Å²) in [6.45, 7) is 1.65. The van der Waals surface area contributed by atoms with Gasteiger partial charge in [-0.3, -0.25) is 4.79 Å². The number of carboxylic acids is 1. The molecule has 86 valence electrons. The fourth-order valence-electron chi connectivity index (χ4n) is 1.77. The van der Waals surface area contributed by atoms with Crippen molar-refractivity contribution in [1.82, 2.24) is 4.98 Å². The van der Waals surface area contributed by atoms with Gasteiger partial charge in [-0.25, -0.2) is 13.8 Å². The van der Waals surface area contributed by atoms with Crippen LogP contribution in [-0.4, -0.2) is 22.0 Å². The Kier molecular flexibility index (Phi) is 2.21. The number of carboxylic acid groups (broad SMARTS) is 1. The lowest BCUT2D eigenvalue weighted by atomic mass is 9.97. The molecule has 2 rings (SSSR count). The minimum absolute atomic E-state index is 0.114. The number of pyridine rings is 1. The third kappa shape index (κ3) is 1.31. The van der Waals surface area contributed by atoms with Gasteiger partial charge in [-0.2, -0.15) is 0 Å². The van der Waals surface area contributed by atoms with Gasteiger partial charge in [0.1, 0.15) is 5.15 Å². The summed E-state index contributed by atoms with van der Waals surface area (Å²) in [4.78, 5) is 14.8. The topological polar surface area (TPSA) is 50.2 Å². The summed E-state index contributed by atoms with van der Waals surface area (Å²) < 4.78 is 26.4. The first-order valence-corrected chi connectivity index (χ1v) is 4.94. The SMILES string of the molecule is Cc1ccc(C2(C(=O)O)CC2(F)F)c(Cl)n1. The third-order valence-electron chi connectivity index (χ3n) is 2.80. The molecule has 0 radical (unpaired) electrons. The maximum Gasteiger partial charge on any atom is 0.320 e. The van der Waals surface area contributed by atoms with Crippen molar-refractivity contribution < 1.29 is 18.7 Å². The van der Waals surface area contributed by atoms with E-state index in [2.05, 4.69) is 4.98 Å². The maximum atomic E-state index is 13.2. The number of halogens is 3. The van der Waals surface area contributed by atoms with Crippen molar-refractivity contribution in [1.29, 1.82) is 0 Å². The number of hydrogen-bond donors (Lipinski definition) is 1. The molecule has 1 aliphatic carbocycles. The molecule has 0 saturated heterocycles. The van der Waals surface area contributed by atoms with Gasteiger partial charge in [0.05, 0.1) is 0 Å². The Labute approximate surface area is 95.1 Å². The molecule has 0 aliphatic heterocycles. The van der Waals surface area contributed by atoms with Crippen LogP contribution in [0.3, 0.4) is 0 Å². The average molecular weight is 248 g/mol. The van der Waals surface area contributed by atoms with Crippen LogP contribution in [0, 0.1) is 6.92 Å². The summed E-state index contributed by atoms with van der Waals surface area (Å²) in [5, 5.41) is 8.75. The van der Waals surface area contributed by atoms with Crippen molar-refractivity contribution in [2.24, 2.45) is 0 Å². The fraction of sp³-hybridized carbons (Fsp3) is 0.400. The van der Waals surface area contributed by atoms with Crippen LogP contribution >= 0.6 is 11.6 Å². The van der Waals surface area contributed by atoms with Gasteiger partial charge in [0.25, 0.3) is 5.92 Å². The first kappa shape index (κ1) is 11.3. The summed E-state index contributed by atoms with van der Waals surface area (Å²) in [5.41, 5.74) is -1.75. The van der Waals surface area contributed by atoms with Gasteiger partial charge in [-0.1, -0.05) is 17.7 Å². The normalized spacial score (nSPS) is 26.5. The van der Waals surface area contributed by atoms with Crippen molar-refractivity contribution in [3.8, 4) is 0 Å². The molecule has 1 saturated carbocycles. The Hall–Kier alpha value is -1.23. The molecule has 16 heavy (non-hydrogen) atoms. The summed E-state index contributed by atoms with van der Waals surface area (Å²) >= 11 is 5.72. The van der Waals surface area contributed by atoms with E-state index in [9.17, 15) is 13.6 Å². The number of rotatable bonds is 2. The second-order valence-corrected chi connectivity index (χ2v) is 4.24. The number of carbonyl (C=O) groups is 1. The lowest BCUT2D eigenvalue weighted by Crippen LogP contribution is -2.27. The van der Waals surface area contributed by atoms with E-state index >= 15 is 0 Å². The first-order valence-electron chi connectivity index (χ1n) is 4.56. The predicted octanol–water partition coefficient (Wildman–Crippen LogP) is 2.40. The van der Waals surface area contributed by atoms with Crippen molar-refractivity contribution in [3.05, 3.63) is 28.5 Å². The maximum absolute atomic E-state index is 13.2. The van der Waals surface area contributed by atoms with E-state index in [1.165, 1.54) is 12.1 Å². The smallest absolute Gasteiger partial charge is 0.320 e. The Morgan fingerprint density at radius 3 is 2.50 bits per heavy atom. The van der Waals surface area contributed by atoms with Crippen LogP contribution < -0.4 is 0 Å². The Balaban J connectivity index is 2.56. The van der Waals surface area contributed by atoms with Crippen molar-refractivity contribution >= 4 is 17.6 Å². The molecule has 1 N–H and O–H groups in total. The lowest BCUT2D eigenvalue weighted by molar-refractivity contribution is -0.142. The average Bonchev–Trinajstić information content (AvgIpc) is 2.70. The summed E-state index contributed by atoms with van der Waals surface area (Å²) in [5.74, 6) is -4.82. The predicted molar refractivity (Wildman–Crippen MR) is 52.9 cm³/mol. The highest BCUT2D eigenvalue weighted by molar-refractivity contribution is 6.30. The van der Waals surface area contributed by atoms with Gasteiger partial charge >= 0.3 is 5.97 Å². The zero-order chi connectivity index (χ0) is 12.1. The number of hydrogen-bond acceptors (Lipinski definition) is 2. The molecular formula is C10H8ClF2NO2. The Bertz CT molecular complexity index is 478. The van der Waals surface area contributed by atoms with Crippen LogP contribution in [0.4, 0.5) is 8.78 Å². The molecule has 1 aromatic rings. The quantitative estimate of drug-likeness (QED) is 0.817. The van der Waals surface area contributed by atoms with E-state index in [1.54, 1.807) is 6.92 Å². The molecule has 1 aliphatic rings. The minimum atomic E-state index is -3.25. The van der Waals surface area contributed by atoms with E-state index in [0.717, 1.165) is 0 Å². The lowest BCUT2D eigenvalue weighted by Gasteiger charge is -2.13. The molecule has 0 bridgehead atoms. The molecule has 1 fully saturated rings. The van der Waals surface area contributed by atoms with E-state index < -0.39 is 23.7 Å². The molecular weight excluding hydrogens is 240 g/mol. The molecule has 1 heterocycles. The second kappa shape index (κ2) is 3.13. The van der Waals surface area contributed by atoms with Gasteiger partial charge < -0.3 is 5.11 Å². The number of nitrogens with zero attached hydrogens (tertiary/aromatic N) is 1. The Morgan fingerprint density at radius 1 is 1.56 bits per heavy atom. The number of aliphatic carboxylic acids is 1. The van der Waals surface area contributed by atoms with Crippen LogP contribution in [0.2, 0.25) is 5.15 Å². The summed E-state index contributed by atoms with van der Waals surface area (Å²) in [7, 11) is 0. The van der Waals surface area contributed by atoms with E-state index in [1.807, 2.05) is 0 Å². The molecule has 1 aromatic heterocycles. The van der Waals surface area contributed by atoms with Crippen LogP contribution in [0.5, 0.6) is 0 Å². The zero-order valence-corrected chi connectivity index (χ0v) is 9.05. The largest absolute Gasteiger partial charge is 0.480 e. The monoisotopic (exact) mass is 247 g/mol. The van der Waals surface area contributed by atoms with Gasteiger partial charge in [0, 0.05) is 17.7 Å². The summed E-state index contributed by atoms with van der Waals surface area (Å²) in [6.07, 6.45) is -0.722. The zero-order valence-electron chi connectivity index (χ0n) is 8.30. The van der Waals surface area contributed by atoms with Gasteiger partial charge in [-0.05, 0) is 13.0 Å². The van der Waals surface area contributed by atoms with Gasteiger partial charge in [0.15, 0.2) is 5.41 Å². The number of alkyl halides is 2. The van der Waals surface area contributed by atoms with Crippen molar-refractivity contribution in [2.75, 3.05) is 0 Å². The van der Waals surface area contributed by atoms with Crippen LogP contribution in [0.25, 0.3) is 0 Å². The molecule has 1 unspecified atom stereocenters. The van der Waals surface area contributed by atoms with E-state index in [4.69, 9.17) is 16.7 Å². The Morgan fingerprint density at radius 2 is 2.12 bits per heavy atom. The van der Waals surface area contributed by atoms with Crippen molar-refractivity contribution in [3.63, 3.8) is 0 Å². The first-order chi connectivity index (χ1) is 7.31. The molecule has 0 amide bonds. The fourth-order valence-corrected chi connectivity index (χ4v) is 2.13. The van der Waals surface area contributed by atoms with Gasteiger partial charge in [-0.15, -0.1) is 0 Å². The van der Waals surface area contributed by atoms with Crippen LogP contribution in [0.1, 0.15) is 17.7 Å². The molecule has 6 heteroatoms. The summed E-state index contributed by atoms with van der Waals surface area (Å²) in [6, 6.07) is 2.78. The van der Waals surface area contributed by atoms with E-state index in [0.29, 0.717) is 5.69 Å². The highest BCUT2D eigenvalue weighted by Gasteiger charge is 2.78.